The fourth-order valence-electron chi connectivity index (χ4n) is 2.81. The molecule has 10 heteroatoms. The number of nitrogens with zero attached hydrogens (tertiary/aromatic N) is 5. The summed E-state index contributed by atoms with van der Waals surface area (Å²) in [6.45, 7) is 1.80. The van der Waals surface area contributed by atoms with Gasteiger partial charge in [0.1, 0.15) is 23.0 Å². The molecule has 3 aromatic rings. The number of rotatable bonds is 5. The lowest BCUT2D eigenvalue weighted by atomic mass is 10.2. The molecule has 0 unspecified atom stereocenters. The molecule has 0 aliphatic carbocycles. The highest BCUT2D eigenvalue weighted by Gasteiger charge is 2.20. The van der Waals surface area contributed by atoms with Crippen LogP contribution in [0.1, 0.15) is 16.9 Å². The van der Waals surface area contributed by atoms with Gasteiger partial charge in [0.2, 0.25) is 0 Å². The van der Waals surface area contributed by atoms with Crippen molar-refractivity contribution in [3.8, 4) is 5.69 Å². The SMILES string of the molecule is O=C(Nc1cc(-n2ccc(F)c2)ccc1[N+](=O)[O-])c1cnc(N2CCC2)cn1. The average Bonchev–Trinajstić information content (AvgIpc) is 3.07. The summed E-state index contributed by atoms with van der Waals surface area (Å²) in [7, 11) is 0. The topological polar surface area (TPSA) is 106 Å². The average molecular weight is 382 g/mol. The molecule has 1 aromatic carbocycles. The van der Waals surface area contributed by atoms with Gasteiger partial charge in [-0.2, -0.15) is 0 Å². The molecule has 2 aromatic heterocycles. The third-order valence-electron chi connectivity index (χ3n) is 4.43. The van der Waals surface area contributed by atoms with Crippen LogP contribution in [0.4, 0.5) is 21.6 Å². The minimum Gasteiger partial charge on any atom is -0.355 e. The zero-order chi connectivity index (χ0) is 19.7. The third-order valence-corrected chi connectivity index (χ3v) is 4.43. The van der Waals surface area contributed by atoms with Crippen LogP contribution in [0.25, 0.3) is 5.69 Å². The molecule has 4 rings (SSSR count). The van der Waals surface area contributed by atoms with E-state index < -0.39 is 16.6 Å². The maximum Gasteiger partial charge on any atom is 0.292 e. The van der Waals surface area contributed by atoms with Crippen LogP contribution in [0.5, 0.6) is 0 Å². The number of nitro benzene ring substituents is 1. The van der Waals surface area contributed by atoms with E-state index in [9.17, 15) is 19.3 Å². The highest BCUT2D eigenvalue weighted by atomic mass is 19.1. The van der Waals surface area contributed by atoms with Gasteiger partial charge in [0.15, 0.2) is 0 Å². The number of aromatic nitrogens is 3. The Morgan fingerprint density at radius 3 is 2.61 bits per heavy atom. The number of carbonyl (C=O) groups excluding carboxylic acids is 1. The van der Waals surface area contributed by atoms with E-state index in [2.05, 4.69) is 15.3 Å². The smallest absolute Gasteiger partial charge is 0.292 e. The van der Waals surface area contributed by atoms with Crippen molar-refractivity contribution in [1.29, 1.82) is 0 Å². The van der Waals surface area contributed by atoms with Gasteiger partial charge < -0.3 is 14.8 Å². The van der Waals surface area contributed by atoms with Gasteiger partial charge in [-0.1, -0.05) is 0 Å². The van der Waals surface area contributed by atoms with Crippen LogP contribution in [0.2, 0.25) is 0 Å². The lowest BCUT2D eigenvalue weighted by molar-refractivity contribution is -0.383. The summed E-state index contributed by atoms with van der Waals surface area (Å²) in [4.78, 5) is 33.5. The maximum atomic E-state index is 13.3. The van der Waals surface area contributed by atoms with Gasteiger partial charge >= 0.3 is 0 Å². The van der Waals surface area contributed by atoms with Crippen LogP contribution < -0.4 is 10.2 Å². The molecule has 0 bridgehead atoms. The highest BCUT2D eigenvalue weighted by molar-refractivity contribution is 6.04. The molecule has 1 aliphatic rings. The second-order valence-corrected chi connectivity index (χ2v) is 6.25. The van der Waals surface area contributed by atoms with Crippen LogP contribution in [-0.2, 0) is 0 Å². The fraction of sp³-hybridized carbons (Fsp3) is 0.167. The van der Waals surface area contributed by atoms with Crippen molar-refractivity contribution in [3.05, 3.63) is 70.7 Å². The second-order valence-electron chi connectivity index (χ2n) is 6.25. The molecule has 1 aliphatic heterocycles. The van der Waals surface area contributed by atoms with Crippen LogP contribution in [0, 0.1) is 15.9 Å². The van der Waals surface area contributed by atoms with Crippen molar-refractivity contribution in [1.82, 2.24) is 14.5 Å². The van der Waals surface area contributed by atoms with Crippen LogP contribution in [-0.4, -0.2) is 38.5 Å². The summed E-state index contributed by atoms with van der Waals surface area (Å²) in [6.07, 6.45) is 6.63. The van der Waals surface area contributed by atoms with E-state index in [1.54, 1.807) is 0 Å². The Morgan fingerprint density at radius 2 is 2.04 bits per heavy atom. The molecule has 1 amide bonds. The zero-order valence-corrected chi connectivity index (χ0v) is 14.6. The van der Waals surface area contributed by atoms with Gasteiger partial charge in [0, 0.05) is 37.2 Å². The summed E-state index contributed by atoms with van der Waals surface area (Å²) in [5.74, 6) is -0.381. The fourth-order valence-corrected chi connectivity index (χ4v) is 2.81. The van der Waals surface area contributed by atoms with Gasteiger partial charge in [-0.15, -0.1) is 0 Å². The molecule has 0 saturated carbocycles. The number of carbonyl (C=O) groups is 1. The number of benzene rings is 1. The molecular weight excluding hydrogens is 367 g/mol. The quantitative estimate of drug-likeness (QED) is 0.537. The highest BCUT2D eigenvalue weighted by Crippen LogP contribution is 2.28. The van der Waals surface area contributed by atoms with E-state index in [1.165, 1.54) is 53.6 Å². The van der Waals surface area contributed by atoms with Gasteiger partial charge in [0.25, 0.3) is 11.6 Å². The Morgan fingerprint density at radius 1 is 1.21 bits per heavy atom. The van der Waals surface area contributed by atoms with Crippen molar-refractivity contribution in [3.63, 3.8) is 0 Å². The van der Waals surface area contributed by atoms with Crippen molar-refractivity contribution >= 4 is 23.1 Å². The lowest BCUT2D eigenvalue weighted by Crippen LogP contribution is -2.37. The number of anilines is 2. The first-order valence-corrected chi connectivity index (χ1v) is 8.52. The van der Waals surface area contributed by atoms with Gasteiger partial charge in [-0.3, -0.25) is 14.9 Å². The minimum atomic E-state index is -0.624. The predicted octanol–water partition coefficient (Wildman–Crippen LogP) is 2.78. The molecule has 142 valence electrons. The number of halogens is 1. The first-order chi connectivity index (χ1) is 13.5. The number of nitrogens with one attached hydrogen (secondary N) is 1. The van der Waals surface area contributed by atoms with Crippen LogP contribution >= 0.6 is 0 Å². The largest absolute Gasteiger partial charge is 0.355 e. The molecule has 28 heavy (non-hydrogen) atoms. The molecular formula is C18H15FN6O3. The zero-order valence-electron chi connectivity index (χ0n) is 14.6. The van der Waals surface area contributed by atoms with Crippen LogP contribution in [0.3, 0.4) is 0 Å². The first-order valence-electron chi connectivity index (χ1n) is 8.52. The monoisotopic (exact) mass is 382 g/mol. The minimum absolute atomic E-state index is 0.0183. The van der Waals surface area contributed by atoms with Crippen molar-refractivity contribution < 1.29 is 14.1 Å². The van der Waals surface area contributed by atoms with Gasteiger partial charge in [-0.05, 0) is 24.6 Å². The molecule has 0 atom stereocenters. The van der Waals surface area contributed by atoms with E-state index in [0.29, 0.717) is 11.5 Å². The van der Waals surface area contributed by atoms with Crippen molar-refractivity contribution in [2.75, 3.05) is 23.3 Å². The molecule has 3 heterocycles. The summed E-state index contributed by atoms with van der Waals surface area (Å²) in [6, 6.07) is 5.38. The van der Waals surface area contributed by atoms with Gasteiger partial charge in [-0.25, -0.2) is 14.4 Å². The summed E-state index contributed by atoms with van der Waals surface area (Å²) in [5, 5.41) is 13.8. The van der Waals surface area contributed by atoms with E-state index in [0.717, 1.165) is 19.5 Å². The van der Waals surface area contributed by atoms with E-state index >= 15 is 0 Å². The predicted molar refractivity (Wildman–Crippen MR) is 99.2 cm³/mol. The molecule has 0 spiro atoms. The van der Waals surface area contributed by atoms with E-state index in [-0.39, 0.29) is 17.1 Å². The molecule has 9 nitrogen and oxygen atoms in total. The molecule has 1 fully saturated rings. The van der Waals surface area contributed by atoms with Crippen molar-refractivity contribution in [2.45, 2.75) is 6.42 Å². The summed E-state index contributed by atoms with van der Waals surface area (Å²) < 4.78 is 14.7. The Hall–Kier alpha value is -3.82. The first kappa shape index (κ1) is 17.6. The van der Waals surface area contributed by atoms with E-state index in [1.807, 2.05) is 4.90 Å². The molecule has 1 N–H and O–H groups in total. The number of nitro groups is 1. The number of amides is 1. The third kappa shape index (κ3) is 3.39. The number of hydrogen-bond acceptors (Lipinski definition) is 6. The normalized spacial score (nSPS) is 13.1. The Kier molecular flexibility index (Phi) is 4.44. The maximum absolute atomic E-state index is 13.3. The standard InChI is InChI=1S/C18H15FN6O3/c19-12-4-7-24(11-12)13-2-3-16(25(27)28)14(8-13)22-18(26)15-9-21-17(10-20-15)23-5-1-6-23/h2-4,7-11H,1,5-6H2,(H,22,26). The number of hydrogen-bond donors (Lipinski definition) is 1. The van der Waals surface area contributed by atoms with Gasteiger partial charge in [0.05, 0.1) is 17.3 Å². The Balaban J connectivity index is 1.59. The van der Waals surface area contributed by atoms with E-state index in [4.69, 9.17) is 0 Å². The van der Waals surface area contributed by atoms with Crippen LogP contribution in [0.15, 0.2) is 49.1 Å². The molecule has 0 radical (unpaired) electrons. The second kappa shape index (κ2) is 7.06. The Labute approximate surface area is 158 Å². The van der Waals surface area contributed by atoms with Crippen molar-refractivity contribution in [2.24, 2.45) is 0 Å². The molecule has 1 saturated heterocycles. The lowest BCUT2D eigenvalue weighted by Gasteiger charge is -2.31. The summed E-state index contributed by atoms with van der Waals surface area (Å²) >= 11 is 0. The Bertz CT molecular complexity index is 1050. The summed E-state index contributed by atoms with van der Waals surface area (Å²) in [5.41, 5.74) is 0.199.